The Labute approximate surface area is 77.2 Å². The predicted molar refractivity (Wildman–Crippen MR) is 47.7 cm³/mol. The van der Waals surface area contributed by atoms with Gasteiger partial charge in [-0.25, -0.2) is 4.98 Å². The molecule has 0 unspecified atom stereocenters. The summed E-state index contributed by atoms with van der Waals surface area (Å²) in [6.45, 7) is 2.15. The number of oxazole rings is 1. The first-order valence-corrected chi connectivity index (χ1v) is 4.66. The molecule has 13 heavy (non-hydrogen) atoms. The minimum absolute atomic E-state index is 0.0707. The number of carbonyl (C=O) groups is 1. The van der Waals surface area contributed by atoms with Crippen molar-refractivity contribution in [3.8, 4) is 0 Å². The Morgan fingerprint density at radius 3 is 2.77 bits per heavy atom. The Balaban J connectivity index is 2.28. The summed E-state index contributed by atoms with van der Waals surface area (Å²) in [6.07, 6.45) is 6.91. The van der Waals surface area contributed by atoms with Gasteiger partial charge < -0.3 is 4.42 Å². The predicted octanol–water partition coefficient (Wildman–Crippen LogP) is 2.32. The molecule has 0 aromatic carbocycles. The average molecular weight is 179 g/mol. The van der Waals surface area contributed by atoms with E-state index in [1.165, 1.54) is 19.0 Å². The molecule has 0 aliphatic heterocycles. The zero-order valence-electron chi connectivity index (χ0n) is 7.75. The summed E-state index contributed by atoms with van der Waals surface area (Å²) in [5, 5.41) is 0. The quantitative estimate of drug-likeness (QED) is 0.654. The summed E-state index contributed by atoms with van der Waals surface area (Å²) in [6, 6.07) is 0. The maximum atomic E-state index is 10.4. The van der Waals surface area contributed by atoms with Crippen molar-refractivity contribution in [3.63, 3.8) is 0 Å². The fraction of sp³-hybridized carbons (Fsp3) is 0.600. The SMILES string of the molecule is CC1(c2ncc(C=O)o2)CCCC1. The molecule has 0 atom stereocenters. The van der Waals surface area contributed by atoms with Crippen molar-refractivity contribution in [2.75, 3.05) is 0 Å². The van der Waals surface area contributed by atoms with Crippen molar-refractivity contribution >= 4 is 6.29 Å². The molecular weight excluding hydrogens is 166 g/mol. The number of hydrogen-bond donors (Lipinski definition) is 0. The fourth-order valence-corrected chi connectivity index (χ4v) is 1.99. The highest BCUT2D eigenvalue weighted by Gasteiger charge is 2.34. The van der Waals surface area contributed by atoms with Crippen LogP contribution in [0.25, 0.3) is 0 Å². The van der Waals surface area contributed by atoms with Crippen LogP contribution in [0.3, 0.4) is 0 Å². The van der Waals surface area contributed by atoms with E-state index in [0.29, 0.717) is 12.0 Å². The van der Waals surface area contributed by atoms with E-state index in [0.717, 1.165) is 18.7 Å². The zero-order chi connectivity index (χ0) is 9.31. The first-order chi connectivity index (χ1) is 6.24. The third-order valence-electron chi connectivity index (χ3n) is 2.86. The van der Waals surface area contributed by atoms with E-state index < -0.39 is 0 Å². The molecule has 0 spiro atoms. The minimum Gasteiger partial charge on any atom is -0.437 e. The Morgan fingerprint density at radius 1 is 1.54 bits per heavy atom. The van der Waals surface area contributed by atoms with Crippen LogP contribution in [0.2, 0.25) is 0 Å². The average Bonchev–Trinajstić information content (AvgIpc) is 2.72. The molecule has 0 radical (unpaired) electrons. The van der Waals surface area contributed by atoms with Gasteiger partial charge in [0.05, 0.1) is 6.20 Å². The molecule has 1 saturated carbocycles. The van der Waals surface area contributed by atoms with E-state index in [2.05, 4.69) is 11.9 Å². The summed E-state index contributed by atoms with van der Waals surface area (Å²) in [4.78, 5) is 14.5. The first-order valence-electron chi connectivity index (χ1n) is 4.66. The van der Waals surface area contributed by atoms with Crippen LogP contribution in [0.5, 0.6) is 0 Å². The molecule has 0 N–H and O–H groups in total. The highest BCUT2D eigenvalue weighted by atomic mass is 16.4. The number of carbonyl (C=O) groups excluding carboxylic acids is 1. The molecular formula is C10H13NO2. The number of rotatable bonds is 2. The lowest BCUT2D eigenvalue weighted by atomic mass is 9.89. The van der Waals surface area contributed by atoms with Gasteiger partial charge >= 0.3 is 0 Å². The first kappa shape index (κ1) is 8.48. The Morgan fingerprint density at radius 2 is 2.23 bits per heavy atom. The molecule has 1 aromatic rings. The fourth-order valence-electron chi connectivity index (χ4n) is 1.99. The van der Waals surface area contributed by atoms with Gasteiger partial charge in [0.1, 0.15) is 0 Å². The number of aldehydes is 1. The second kappa shape index (κ2) is 2.98. The van der Waals surface area contributed by atoms with Crippen LogP contribution >= 0.6 is 0 Å². The summed E-state index contributed by atoms with van der Waals surface area (Å²) < 4.78 is 5.34. The van der Waals surface area contributed by atoms with Crippen LogP contribution in [0.4, 0.5) is 0 Å². The van der Waals surface area contributed by atoms with Crippen molar-refractivity contribution in [1.29, 1.82) is 0 Å². The van der Waals surface area contributed by atoms with Gasteiger partial charge in [-0.2, -0.15) is 0 Å². The normalized spacial score (nSPS) is 20.4. The molecule has 1 aromatic heterocycles. The Kier molecular flexibility index (Phi) is 1.94. The maximum Gasteiger partial charge on any atom is 0.200 e. The third kappa shape index (κ3) is 1.39. The highest BCUT2D eigenvalue weighted by Crippen LogP contribution is 2.39. The maximum absolute atomic E-state index is 10.4. The number of nitrogens with zero attached hydrogens (tertiary/aromatic N) is 1. The van der Waals surface area contributed by atoms with E-state index >= 15 is 0 Å². The second-order valence-corrected chi connectivity index (χ2v) is 3.95. The van der Waals surface area contributed by atoms with E-state index in [9.17, 15) is 4.79 Å². The van der Waals surface area contributed by atoms with Crippen molar-refractivity contribution in [1.82, 2.24) is 4.98 Å². The van der Waals surface area contributed by atoms with Crippen molar-refractivity contribution in [3.05, 3.63) is 17.8 Å². The zero-order valence-corrected chi connectivity index (χ0v) is 7.75. The van der Waals surface area contributed by atoms with Gasteiger partial charge in [-0.3, -0.25) is 4.79 Å². The van der Waals surface area contributed by atoms with Crippen LogP contribution in [-0.2, 0) is 5.41 Å². The van der Waals surface area contributed by atoms with Crippen molar-refractivity contribution in [2.24, 2.45) is 0 Å². The summed E-state index contributed by atoms with van der Waals surface area (Å²) in [5.74, 6) is 1.07. The molecule has 0 amide bonds. The van der Waals surface area contributed by atoms with Gasteiger partial charge in [0, 0.05) is 5.41 Å². The van der Waals surface area contributed by atoms with Gasteiger partial charge in [-0.05, 0) is 12.8 Å². The molecule has 2 rings (SSSR count). The Bertz CT molecular complexity index is 310. The molecule has 1 fully saturated rings. The highest BCUT2D eigenvalue weighted by molar-refractivity contribution is 5.69. The van der Waals surface area contributed by atoms with Crippen LogP contribution in [0.15, 0.2) is 10.6 Å². The van der Waals surface area contributed by atoms with Crippen LogP contribution < -0.4 is 0 Å². The van der Waals surface area contributed by atoms with Crippen LogP contribution in [0, 0.1) is 0 Å². The molecule has 0 saturated heterocycles. The van der Waals surface area contributed by atoms with Gasteiger partial charge in [-0.15, -0.1) is 0 Å². The summed E-state index contributed by atoms with van der Waals surface area (Å²) in [5.41, 5.74) is 0.0707. The monoisotopic (exact) mass is 179 g/mol. The van der Waals surface area contributed by atoms with E-state index in [1.54, 1.807) is 0 Å². The number of hydrogen-bond acceptors (Lipinski definition) is 3. The smallest absolute Gasteiger partial charge is 0.200 e. The van der Waals surface area contributed by atoms with Crippen LogP contribution in [-0.4, -0.2) is 11.3 Å². The lowest BCUT2D eigenvalue weighted by Crippen LogP contribution is -2.16. The van der Waals surface area contributed by atoms with Crippen LogP contribution in [0.1, 0.15) is 49.1 Å². The van der Waals surface area contributed by atoms with Gasteiger partial charge in [0.2, 0.25) is 5.89 Å². The molecule has 0 bridgehead atoms. The molecule has 70 valence electrons. The lowest BCUT2D eigenvalue weighted by Gasteiger charge is -2.17. The van der Waals surface area contributed by atoms with Gasteiger partial charge in [0.25, 0.3) is 0 Å². The van der Waals surface area contributed by atoms with E-state index in [-0.39, 0.29) is 5.41 Å². The van der Waals surface area contributed by atoms with E-state index in [1.807, 2.05) is 0 Å². The van der Waals surface area contributed by atoms with Crippen molar-refractivity contribution in [2.45, 2.75) is 38.0 Å². The summed E-state index contributed by atoms with van der Waals surface area (Å²) in [7, 11) is 0. The minimum atomic E-state index is 0.0707. The number of aromatic nitrogens is 1. The molecule has 1 aliphatic rings. The topological polar surface area (TPSA) is 43.1 Å². The molecule has 3 heteroatoms. The third-order valence-corrected chi connectivity index (χ3v) is 2.86. The van der Waals surface area contributed by atoms with E-state index in [4.69, 9.17) is 4.42 Å². The van der Waals surface area contributed by atoms with Gasteiger partial charge in [0.15, 0.2) is 12.0 Å². The lowest BCUT2D eigenvalue weighted by molar-refractivity contribution is 0.109. The molecule has 3 nitrogen and oxygen atoms in total. The standard InChI is InChI=1S/C10H13NO2/c1-10(4-2-3-5-10)9-11-6-8(7-12)13-9/h6-7H,2-5H2,1H3. The summed E-state index contributed by atoms with van der Waals surface area (Å²) >= 11 is 0. The molecule has 1 aliphatic carbocycles. The largest absolute Gasteiger partial charge is 0.437 e. The second-order valence-electron chi connectivity index (χ2n) is 3.95. The van der Waals surface area contributed by atoms with Gasteiger partial charge in [-0.1, -0.05) is 19.8 Å². The molecule has 1 heterocycles. The van der Waals surface area contributed by atoms with Crippen molar-refractivity contribution < 1.29 is 9.21 Å². The Hall–Kier alpha value is -1.12.